The number of piperazine rings is 1. The third-order valence-electron chi connectivity index (χ3n) is 5.97. The summed E-state index contributed by atoms with van der Waals surface area (Å²) < 4.78 is 0. The molecule has 4 heterocycles. The van der Waals surface area contributed by atoms with Crippen LogP contribution in [0.5, 0.6) is 0 Å². The van der Waals surface area contributed by atoms with Crippen LogP contribution in [0, 0.1) is 0 Å². The van der Waals surface area contributed by atoms with Crippen LogP contribution in [0.4, 0.5) is 0 Å². The van der Waals surface area contributed by atoms with Crippen molar-refractivity contribution in [2.75, 3.05) is 26.2 Å². The molecule has 1 fully saturated rings. The van der Waals surface area contributed by atoms with Crippen LogP contribution in [0.2, 0.25) is 0 Å². The first-order valence-electron chi connectivity index (χ1n) is 10.5. The maximum atomic E-state index is 13.1. The lowest BCUT2D eigenvalue weighted by atomic mass is 10.0. The van der Waals surface area contributed by atoms with Gasteiger partial charge in [-0.1, -0.05) is 19.9 Å². The van der Waals surface area contributed by atoms with E-state index in [1.165, 1.54) is 16.0 Å². The van der Waals surface area contributed by atoms with Crippen molar-refractivity contribution in [3.8, 4) is 0 Å². The number of aromatic nitrogens is 1. The number of rotatable bonds is 5. The molecule has 0 bridgehead atoms. The Morgan fingerprint density at radius 1 is 1.32 bits per heavy atom. The molecule has 1 N–H and O–H groups in total. The van der Waals surface area contributed by atoms with Gasteiger partial charge in [0, 0.05) is 61.8 Å². The summed E-state index contributed by atoms with van der Waals surface area (Å²) in [4.78, 5) is 23.5. The molecular weight excluding hydrogens is 368 g/mol. The Balaban J connectivity index is 1.42. The summed E-state index contributed by atoms with van der Waals surface area (Å²) in [6.45, 7) is 9.65. The molecule has 0 saturated carbocycles. The highest BCUT2D eigenvalue weighted by Crippen LogP contribution is 2.30. The average molecular weight is 399 g/mol. The van der Waals surface area contributed by atoms with Crippen LogP contribution in [0.1, 0.15) is 52.3 Å². The SMILES string of the molecule is CCc1ccc(CN2CCc3c(C(=O)N4CCN[C@H](CC)C4)csc3C2)nc1. The molecule has 1 saturated heterocycles. The van der Waals surface area contributed by atoms with Crippen molar-refractivity contribution in [2.24, 2.45) is 0 Å². The second-order valence-electron chi connectivity index (χ2n) is 7.83. The van der Waals surface area contributed by atoms with Gasteiger partial charge in [0.25, 0.3) is 5.91 Å². The van der Waals surface area contributed by atoms with E-state index in [1.54, 1.807) is 11.3 Å². The van der Waals surface area contributed by atoms with Crippen LogP contribution in [0.15, 0.2) is 23.7 Å². The second kappa shape index (κ2) is 8.72. The number of aryl methyl sites for hydroxylation is 1. The van der Waals surface area contributed by atoms with E-state index in [-0.39, 0.29) is 5.91 Å². The molecule has 2 aromatic rings. The van der Waals surface area contributed by atoms with Crippen molar-refractivity contribution in [2.45, 2.75) is 52.2 Å². The number of hydrogen-bond donors (Lipinski definition) is 1. The smallest absolute Gasteiger partial charge is 0.255 e. The predicted molar refractivity (Wildman–Crippen MR) is 114 cm³/mol. The highest BCUT2D eigenvalue weighted by atomic mass is 32.1. The Kier molecular flexibility index (Phi) is 6.09. The molecule has 2 aromatic heterocycles. The lowest BCUT2D eigenvalue weighted by Crippen LogP contribution is -2.52. The predicted octanol–water partition coefficient (Wildman–Crippen LogP) is 3.09. The standard InChI is InChI=1S/C22H30N4OS/c1-3-16-5-6-18(24-11-16)12-25-9-7-19-20(15-28-21(19)14-25)22(27)26-10-8-23-17(4-2)13-26/h5-6,11,15,17,23H,3-4,7-10,12-14H2,1-2H3/t17-/m1/s1. The molecule has 6 heteroatoms. The molecule has 150 valence electrons. The van der Waals surface area contributed by atoms with Gasteiger partial charge in [-0.3, -0.25) is 14.7 Å². The number of thiophene rings is 1. The molecule has 0 spiro atoms. The van der Waals surface area contributed by atoms with E-state index in [0.29, 0.717) is 6.04 Å². The molecule has 1 atom stereocenters. The minimum absolute atomic E-state index is 0.225. The van der Waals surface area contributed by atoms with Gasteiger partial charge in [-0.25, -0.2) is 0 Å². The van der Waals surface area contributed by atoms with E-state index >= 15 is 0 Å². The number of carbonyl (C=O) groups is 1. The number of nitrogens with zero attached hydrogens (tertiary/aromatic N) is 3. The van der Waals surface area contributed by atoms with E-state index < -0.39 is 0 Å². The Hall–Kier alpha value is -1.76. The van der Waals surface area contributed by atoms with Gasteiger partial charge in [-0.2, -0.15) is 0 Å². The minimum Gasteiger partial charge on any atom is -0.336 e. The zero-order valence-electron chi connectivity index (χ0n) is 16.9. The third-order valence-corrected chi connectivity index (χ3v) is 6.99. The lowest BCUT2D eigenvalue weighted by molar-refractivity contribution is 0.0700. The summed E-state index contributed by atoms with van der Waals surface area (Å²) in [7, 11) is 0. The van der Waals surface area contributed by atoms with Gasteiger partial charge in [0.1, 0.15) is 0 Å². The van der Waals surface area contributed by atoms with Gasteiger partial charge in [-0.15, -0.1) is 11.3 Å². The molecule has 5 nitrogen and oxygen atoms in total. The fraction of sp³-hybridized carbons (Fsp3) is 0.545. The third kappa shape index (κ3) is 4.14. The Bertz CT molecular complexity index is 816. The molecule has 1 amide bonds. The Morgan fingerprint density at radius 3 is 2.96 bits per heavy atom. The van der Waals surface area contributed by atoms with Gasteiger partial charge in [-0.05, 0) is 36.5 Å². The topological polar surface area (TPSA) is 48.5 Å². The molecule has 2 aliphatic rings. The minimum atomic E-state index is 0.225. The molecule has 0 radical (unpaired) electrons. The molecule has 0 unspecified atom stereocenters. The fourth-order valence-corrected chi connectivity index (χ4v) is 5.25. The summed E-state index contributed by atoms with van der Waals surface area (Å²) in [5, 5.41) is 5.58. The van der Waals surface area contributed by atoms with Crippen molar-refractivity contribution < 1.29 is 4.79 Å². The first-order chi connectivity index (χ1) is 13.7. The van der Waals surface area contributed by atoms with E-state index in [1.807, 2.05) is 11.1 Å². The normalized spacial score (nSPS) is 20.2. The van der Waals surface area contributed by atoms with Crippen LogP contribution in [0.3, 0.4) is 0 Å². The maximum Gasteiger partial charge on any atom is 0.255 e. The fourth-order valence-electron chi connectivity index (χ4n) is 4.14. The molecule has 0 aliphatic carbocycles. The van der Waals surface area contributed by atoms with Crippen LogP contribution in [-0.4, -0.2) is 52.9 Å². The Morgan fingerprint density at radius 2 is 2.21 bits per heavy atom. The van der Waals surface area contributed by atoms with Gasteiger partial charge < -0.3 is 10.2 Å². The van der Waals surface area contributed by atoms with Crippen LogP contribution >= 0.6 is 11.3 Å². The molecule has 0 aromatic carbocycles. The summed E-state index contributed by atoms with van der Waals surface area (Å²) in [6.07, 6.45) is 5.03. The lowest BCUT2D eigenvalue weighted by Gasteiger charge is -2.34. The number of pyridine rings is 1. The van der Waals surface area contributed by atoms with E-state index in [4.69, 9.17) is 0 Å². The highest BCUT2D eigenvalue weighted by molar-refractivity contribution is 7.10. The van der Waals surface area contributed by atoms with Crippen molar-refractivity contribution in [3.05, 3.63) is 51.0 Å². The average Bonchev–Trinajstić information content (AvgIpc) is 3.17. The first kappa shape index (κ1) is 19.6. The largest absolute Gasteiger partial charge is 0.336 e. The number of nitrogens with one attached hydrogen (secondary N) is 1. The number of carbonyl (C=O) groups excluding carboxylic acids is 1. The van der Waals surface area contributed by atoms with E-state index in [9.17, 15) is 4.79 Å². The summed E-state index contributed by atoms with van der Waals surface area (Å²) in [5.74, 6) is 0.225. The number of fused-ring (bicyclic) bond motifs is 1. The molecule has 28 heavy (non-hydrogen) atoms. The van der Waals surface area contributed by atoms with Crippen LogP contribution in [0.25, 0.3) is 0 Å². The van der Waals surface area contributed by atoms with Gasteiger partial charge in [0.2, 0.25) is 0 Å². The molecule has 4 rings (SSSR count). The first-order valence-corrected chi connectivity index (χ1v) is 11.3. The number of hydrogen-bond acceptors (Lipinski definition) is 5. The van der Waals surface area contributed by atoms with Crippen molar-refractivity contribution in [3.63, 3.8) is 0 Å². The van der Waals surface area contributed by atoms with E-state index in [0.717, 1.165) is 69.8 Å². The Labute approximate surface area is 171 Å². The highest BCUT2D eigenvalue weighted by Gasteiger charge is 2.28. The van der Waals surface area contributed by atoms with Crippen LogP contribution < -0.4 is 5.32 Å². The summed E-state index contributed by atoms with van der Waals surface area (Å²) in [6, 6.07) is 4.75. The molecule has 2 aliphatic heterocycles. The van der Waals surface area contributed by atoms with Crippen LogP contribution in [-0.2, 0) is 25.9 Å². The number of amides is 1. The van der Waals surface area contributed by atoms with Gasteiger partial charge in [0.15, 0.2) is 0 Å². The van der Waals surface area contributed by atoms with E-state index in [2.05, 4.69) is 46.6 Å². The van der Waals surface area contributed by atoms with Crippen molar-refractivity contribution >= 4 is 17.2 Å². The zero-order valence-corrected chi connectivity index (χ0v) is 17.7. The maximum absolute atomic E-state index is 13.1. The quantitative estimate of drug-likeness (QED) is 0.841. The molecular formula is C22H30N4OS. The van der Waals surface area contributed by atoms with Gasteiger partial charge in [0.05, 0.1) is 11.3 Å². The van der Waals surface area contributed by atoms with Crippen molar-refractivity contribution in [1.29, 1.82) is 0 Å². The monoisotopic (exact) mass is 398 g/mol. The summed E-state index contributed by atoms with van der Waals surface area (Å²) in [5.41, 5.74) is 4.64. The van der Waals surface area contributed by atoms with Crippen molar-refractivity contribution in [1.82, 2.24) is 20.1 Å². The summed E-state index contributed by atoms with van der Waals surface area (Å²) >= 11 is 1.75. The zero-order chi connectivity index (χ0) is 19.5. The second-order valence-corrected chi connectivity index (χ2v) is 8.80. The van der Waals surface area contributed by atoms with Gasteiger partial charge >= 0.3 is 0 Å².